The highest BCUT2D eigenvalue weighted by Gasteiger charge is 2.27. The zero-order valence-corrected chi connectivity index (χ0v) is 23.6. The molecule has 1 aromatic carbocycles. The van der Waals surface area contributed by atoms with Crippen molar-refractivity contribution in [2.45, 2.75) is 41.2 Å². The summed E-state index contributed by atoms with van der Waals surface area (Å²) in [6, 6.07) is 5.44. The van der Waals surface area contributed by atoms with E-state index in [9.17, 15) is 9.59 Å². The lowest BCUT2D eigenvalue weighted by Crippen LogP contribution is -2.21. The standard InChI is InChI=1S/C24H26Cl2N4O4S2/c1-6-33-22(31)18-12(3)20(23(32)34-7-2)36-21(18)28-24(35)27-19-13(4)29-30(14(19)5)11-15-8-9-16(25)17(26)10-15/h8-10H,6-7,11H2,1-5H3,(H2,27,28,35). The number of thiophene rings is 1. The zero-order valence-electron chi connectivity index (χ0n) is 20.5. The summed E-state index contributed by atoms with van der Waals surface area (Å²) in [5.41, 5.74) is 3.98. The number of nitrogens with zero attached hydrogens (tertiary/aromatic N) is 2. The predicted octanol–water partition coefficient (Wildman–Crippen LogP) is 6.39. The Morgan fingerprint density at radius 1 is 1.06 bits per heavy atom. The van der Waals surface area contributed by atoms with Gasteiger partial charge in [-0.3, -0.25) is 4.68 Å². The Morgan fingerprint density at radius 2 is 1.72 bits per heavy atom. The number of aromatic nitrogens is 2. The van der Waals surface area contributed by atoms with Crippen LogP contribution in [0.25, 0.3) is 0 Å². The Morgan fingerprint density at radius 3 is 2.36 bits per heavy atom. The Hall–Kier alpha value is -2.66. The summed E-state index contributed by atoms with van der Waals surface area (Å²) in [5, 5.41) is 12.4. The molecule has 0 fully saturated rings. The first-order valence-corrected chi connectivity index (χ1v) is 13.1. The second-order valence-corrected chi connectivity index (χ2v) is 9.98. The molecule has 2 N–H and O–H groups in total. The van der Waals surface area contributed by atoms with Crippen LogP contribution in [0.4, 0.5) is 10.7 Å². The SMILES string of the molecule is CCOC(=O)c1sc(NC(=S)Nc2c(C)nn(Cc3ccc(Cl)c(Cl)c3)c2C)c(C(=O)OCC)c1C. The van der Waals surface area contributed by atoms with E-state index in [0.29, 0.717) is 32.0 Å². The summed E-state index contributed by atoms with van der Waals surface area (Å²) in [6.45, 7) is 9.80. The van der Waals surface area contributed by atoms with Gasteiger partial charge in [-0.2, -0.15) is 5.10 Å². The van der Waals surface area contributed by atoms with Crippen LogP contribution >= 0.6 is 46.8 Å². The third kappa shape index (κ3) is 6.18. The number of benzene rings is 1. The molecule has 3 aromatic rings. The summed E-state index contributed by atoms with van der Waals surface area (Å²) >= 11 is 18.8. The lowest BCUT2D eigenvalue weighted by Gasteiger charge is -2.12. The smallest absolute Gasteiger partial charge is 0.348 e. The summed E-state index contributed by atoms with van der Waals surface area (Å²) in [6.07, 6.45) is 0. The number of aryl methyl sites for hydroxylation is 1. The normalized spacial score (nSPS) is 10.8. The Kier molecular flexibility index (Phi) is 9.35. The fourth-order valence-electron chi connectivity index (χ4n) is 3.53. The van der Waals surface area contributed by atoms with E-state index >= 15 is 0 Å². The van der Waals surface area contributed by atoms with E-state index in [-0.39, 0.29) is 23.9 Å². The van der Waals surface area contributed by atoms with Crippen molar-refractivity contribution < 1.29 is 19.1 Å². The number of rotatable bonds is 8. The van der Waals surface area contributed by atoms with Gasteiger partial charge in [0.2, 0.25) is 0 Å². The largest absolute Gasteiger partial charge is 0.462 e. The Labute approximate surface area is 228 Å². The third-order valence-corrected chi connectivity index (χ3v) is 7.38. The van der Waals surface area contributed by atoms with Gasteiger partial charge in [-0.25, -0.2) is 9.59 Å². The van der Waals surface area contributed by atoms with Crippen LogP contribution in [-0.4, -0.2) is 40.0 Å². The minimum absolute atomic E-state index is 0.196. The van der Waals surface area contributed by atoms with E-state index in [1.54, 1.807) is 32.9 Å². The Balaban J connectivity index is 1.84. The summed E-state index contributed by atoms with van der Waals surface area (Å²) in [4.78, 5) is 25.4. The molecule has 2 aromatic heterocycles. The zero-order chi connectivity index (χ0) is 26.6. The van der Waals surface area contributed by atoms with Crippen molar-refractivity contribution >= 4 is 74.5 Å². The summed E-state index contributed by atoms with van der Waals surface area (Å²) in [7, 11) is 0. The molecular formula is C24H26Cl2N4O4S2. The van der Waals surface area contributed by atoms with E-state index in [2.05, 4.69) is 15.7 Å². The van der Waals surface area contributed by atoms with Gasteiger partial charge < -0.3 is 20.1 Å². The summed E-state index contributed by atoms with van der Waals surface area (Å²) in [5.74, 6) is -1.05. The fraction of sp³-hybridized carbons (Fsp3) is 0.333. The van der Waals surface area contributed by atoms with Gasteiger partial charge >= 0.3 is 11.9 Å². The van der Waals surface area contributed by atoms with Gasteiger partial charge in [0, 0.05) is 0 Å². The van der Waals surface area contributed by atoms with Crippen molar-refractivity contribution in [3.63, 3.8) is 0 Å². The van der Waals surface area contributed by atoms with Crippen molar-refractivity contribution in [3.8, 4) is 0 Å². The molecular weight excluding hydrogens is 543 g/mol. The molecule has 0 saturated heterocycles. The molecule has 0 aliphatic rings. The predicted molar refractivity (Wildman–Crippen MR) is 148 cm³/mol. The van der Waals surface area contributed by atoms with Crippen molar-refractivity contribution in [3.05, 3.63) is 61.2 Å². The Bertz CT molecular complexity index is 1320. The number of hydrogen-bond donors (Lipinski definition) is 2. The molecule has 0 saturated carbocycles. The van der Waals surface area contributed by atoms with Crippen LogP contribution in [0.3, 0.4) is 0 Å². The molecule has 0 unspecified atom stereocenters. The number of hydrogen-bond acceptors (Lipinski definition) is 7. The van der Waals surface area contributed by atoms with Crippen molar-refractivity contribution in [2.24, 2.45) is 0 Å². The fourth-order valence-corrected chi connectivity index (χ4v) is 5.22. The molecule has 0 bridgehead atoms. The van der Waals surface area contributed by atoms with Gasteiger partial charge in [-0.15, -0.1) is 11.3 Å². The number of esters is 2. The van der Waals surface area contributed by atoms with E-state index in [4.69, 9.17) is 44.9 Å². The lowest BCUT2D eigenvalue weighted by molar-refractivity contribution is 0.0527. The molecule has 8 nitrogen and oxygen atoms in total. The molecule has 0 amide bonds. The monoisotopic (exact) mass is 568 g/mol. The van der Waals surface area contributed by atoms with Crippen LogP contribution in [0.2, 0.25) is 10.0 Å². The number of carbonyl (C=O) groups is 2. The number of nitrogens with one attached hydrogen (secondary N) is 2. The summed E-state index contributed by atoms with van der Waals surface area (Å²) < 4.78 is 12.2. The van der Waals surface area contributed by atoms with Crippen LogP contribution in [0.15, 0.2) is 18.2 Å². The van der Waals surface area contributed by atoms with Crippen LogP contribution in [-0.2, 0) is 16.0 Å². The van der Waals surface area contributed by atoms with Gasteiger partial charge in [0.25, 0.3) is 0 Å². The second-order valence-electron chi connectivity index (χ2n) is 7.73. The maximum Gasteiger partial charge on any atom is 0.348 e. The minimum Gasteiger partial charge on any atom is -0.462 e. The van der Waals surface area contributed by atoms with Crippen LogP contribution in [0.5, 0.6) is 0 Å². The molecule has 0 atom stereocenters. The molecule has 36 heavy (non-hydrogen) atoms. The van der Waals surface area contributed by atoms with E-state index in [0.717, 1.165) is 34.0 Å². The molecule has 0 aliphatic carbocycles. The second kappa shape index (κ2) is 12.1. The number of ether oxygens (including phenoxy) is 2. The molecule has 0 radical (unpaired) electrons. The molecule has 3 rings (SSSR count). The van der Waals surface area contributed by atoms with Gasteiger partial charge in [0.1, 0.15) is 9.88 Å². The average Bonchev–Trinajstić information content (AvgIpc) is 3.27. The lowest BCUT2D eigenvalue weighted by atomic mass is 10.1. The number of anilines is 2. The first-order chi connectivity index (χ1) is 17.1. The first kappa shape index (κ1) is 27.9. The van der Waals surface area contributed by atoms with Gasteiger partial charge in [-0.1, -0.05) is 29.3 Å². The van der Waals surface area contributed by atoms with E-state index in [1.165, 1.54) is 0 Å². The van der Waals surface area contributed by atoms with Gasteiger partial charge in [0.05, 0.1) is 52.4 Å². The maximum absolute atomic E-state index is 12.6. The van der Waals surface area contributed by atoms with Crippen molar-refractivity contribution in [1.82, 2.24) is 9.78 Å². The average molecular weight is 570 g/mol. The first-order valence-electron chi connectivity index (χ1n) is 11.1. The van der Waals surface area contributed by atoms with Crippen molar-refractivity contribution in [1.29, 1.82) is 0 Å². The van der Waals surface area contributed by atoms with E-state index < -0.39 is 11.9 Å². The molecule has 0 aliphatic heterocycles. The van der Waals surface area contributed by atoms with E-state index in [1.807, 2.05) is 24.6 Å². The highest BCUT2D eigenvalue weighted by Crippen LogP contribution is 2.35. The quantitative estimate of drug-likeness (QED) is 0.238. The van der Waals surface area contributed by atoms with Crippen LogP contribution < -0.4 is 10.6 Å². The molecule has 192 valence electrons. The number of thiocarbonyl (C=S) groups is 1. The van der Waals surface area contributed by atoms with Crippen molar-refractivity contribution in [2.75, 3.05) is 23.8 Å². The number of halogens is 2. The minimum atomic E-state index is -0.547. The molecule has 12 heteroatoms. The topological polar surface area (TPSA) is 94.5 Å². The number of carbonyl (C=O) groups excluding carboxylic acids is 2. The third-order valence-electron chi connectivity index (χ3n) is 5.25. The molecule has 0 spiro atoms. The van der Waals surface area contributed by atoms with Gasteiger partial charge in [0.15, 0.2) is 5.11 Å². The highest BCUT2D eigenvalue weighted by molar-refractivity contribution is 7.80. The van der Waals surface area contributed by atoms with Gasteiger partial charge in [-0.05, 0) is 70.1 Å². The maximum atomic E-state index is 12.6. The van der Waals surface area contributed by atoms with Crippen LogP contribution in [0, 0.1) is 20.8 Å². The molecule has 2 heterocycles. The highest BCUT2D eigenvalue weighted by atomic mass is 35.5. The van der Waals surface area contributed by atoms with Crippen LogP contribution in [0.1, 0.15) is 56.4 Å².